The van der Waals surface area contributed by atoms with Crippen molar-refractivity contribution in [1.82, 2.24) is 10.2 Å². The molecule has 2 amide bonds. The zero-order valence-electron chi connectivity index (χ0n) is 13.2. The van der Waals surface area contributed by atoms with Crippen LogP contribution in [0, 0.1) is 5.82 Å². The minimum absolute atomic E-state index is 0.132. The Morgan fingerprint density at radius 1 is 1.25 bits per heavy atom. The lowest BCUT2D eigenvalue weighted by atomic mass is 10.2. The molecule has 3 rings (SSSR count). The fourth-order valence-electron chi connectivity index (χ4n) is 2.68. The van der Waals surface area contributed by atoms with Gasteiger partial charge >= 0.3 is 6.03 Å². The number of hydrogen-bond acceptors (Lipinski definition) is 4. The van der Waals surface area contributed by atoms with Crippen LogP contribution in [0.2, 0.25) is 0 Å². The summed E-state index contributed by atoms with van der Waals surface area (Å²) in [6.07, 6.45) is 0. The molecule has 1 aliphatic heterocycles. The van der Waals surface area contributed by atoms with Gasteiger partial charge in [-0.2, -0.15) is 0 Å². The van der Waals surface area contributed by atoms with Crippen LogP contribution >= 0.6 is 11.3 Å². The number of morpholine rings is 1. The third-order valence-electron chi connectivity index (χ3n) is 3.92. The smallest absolute Gasteiger partial charge is 0.319 e. The van der Waals surface area contributed by atoms with E-state index in [0.717, 1.165) is 13.1 Å². The standard InChI is InChI=1S/C17H20FN3O2S/c18-13-3-5-14(6-4-13)20-17(22)19-12-15(16-2-1-11-24-16)21-7-9-23-10-8-21/h1-6,11,15H,7-10,12H2,(H2,19,20,22). The second-order valence-electron chi connectivity index (χ2n) is 5.52. The van der Waals surface area contributed by atoms with Gasteiger partial charge in [0, 0.05) is 30.2 Å². The molecule has 2 aromatic rings. The highest BCUT2D eigenvalue weighted by atomic mass is 32.1. The largest absolute Gasteiger partial charge is 0.379 e. The molecule has 1 aromatic heterocycles. The zero-order chi connectivity index (χ0) is 16.8. The highest BCUT2D eigenvalue weighted by molar-refractivity contribution is 7.10. The van der Waals surface area contributed by atoms with Gasteiger partial charge in [0.2, 0.25) is 0 Å². The highest BCUT2D eigenvalue weighted by Gasteiger charge is 2.23. The Morgan fingerprint density at radius 2 is 2.00 bits per heavy atom. The van der Waals surface area contributed by atoms with Gasteiger partial charge in [-0.3, -0.25) is 4.90 Å². The molecule has 1 atom stereocenters. The minimum atomic E-state index is -0.328. The lowest BCUT2D eigenvalue weighted by Gasteiger charge is -2.34. The van der Waals surface area contributed by atoms with Crippen molar-refractivity contribution in [1.29, 1.82) is 0 Å². The summed E-state index contributed by atoms with van der Waals surface area (Å²) in [6.45, 7) is 3.63. The molecule has 7 heteroatoms. The summed E-state index contributed by atoms with van der Waals surface area (Å²) < 4.78 is 18.3. The molecule has 1 aromatic carbocycles. The molecular weight excluding hydrogens is 329 g/mol. The van der Waals surface area contributed by atoms with Crippen LogP contribution in [0.1, 0.15) is 10.9 Å². The molecule has 24 heavy (non-hydrogen) atoms. The number of amides is 2. The number of anilines is 1. The number of nitrogens with zero attached hydrogens (tertiary/aromatic N) is 1. The molecule has 0 saturated carbocycles. The third kappa shape index (κ3) is 4.53. The third-order valence-corrected chi connectivity index (χ3v) is 4.89. The molecule has 0 spiro atoms. The Hall–Kier alpha value is -1.96. The monoisotopic (exact) mass is 349 g/mol. The number of urea groups is 1. The molecular formula is C17H20FN3O2S. The van der Waals surface area contributed by atoms with Crippen molar-refractivity contribution in [3.8, 4) is 0 Å². The second-order valence-corrected chi connectivity index (χ2v) is 6.50. The van der Waals surface area contributed by atoms with Crippen LogP contribution in [0.5, 0.6) is 0 Å². The maximum Gasteiger partial charge on any atom is 0.319 e. The molecule has 0 aliphatic carbocycles. The molecule has 128 valence electrons. The van der Waals surface area contributed by atoms with Crippen molar-refractivity contribution >= 4 is 23.1 Å². The van der Waals surface area contributed by atoms with Crippen LogP contribution in [-0.2, 0) is 4.74 Å². The number of benzene rings is 1. The van der Waals surface area contributed by atoms with Crippen LogP contribution in [0.15, 0.2) is 41.8 Å². The lowest BCUT2D eigenvalue weighted by Crippen LogP contribution is -2.44. The van der Waals surface area contributed by atoms with Crippen LogP contribution in [0.4, 0.5) is 14.9 Å². The van der Waals surface area contributed by atoms with Crippen LogP contribution in [0.25, 0.3) is 0 Å². The summed E-state index contributed by atoms with van der Waals surface area (Å²) in [4.78, 5) is 15.6. The molecule has 1 saturated heterocycles. The molecule has 0 bridgehead atoms. The van der Waals surface area contributed by atoms with E-state index in [4.69, 9.17) is 4.74 Å². The number of halogens is 1. The van der Waals surface area contributed by atoms with E-state index < -0.39 is 0 Å². The van der Waals surface area contributed by atoms with Gasteiger partial charge in [-0.1, -0.05) is 6.07 Å². The summed E-state index contributed by atoms with van der Waals surface area (Å²) in [5.74, 6) is -0.328. The number of hydrogen-bond donors (Lipinski definition) is 2. The maximum absolute atomic E-state index is 12.9. The summed E-state index contributed by atoms with van der Waals surface area (Å²) in [6, 6.07) is 9.65. The fourth-order valence-corrected chi connectivity index (χ4v) is 3.54. The van der Waals surface area contributed by atoms with E-state index >= 15 is 0 Å². The van der Waals surface area contributed by atoms with E-state index in [1.165, 1.54) is 29.1 Å². The number of nitrogens with one attached hydrogen (secondary N) is 2. The van der Waals surface area contributed by atoms with Crippen LogP contribution < -0.4 is 10.6 Å². The molecule has 5 nitrogen and oxygen atoms in total. The maximum atomic E-state index is 12.9. The fraction of sp³-hybridized carbons (Fsp3) is 0.353. The Morgan fingerprint density at radius 3 is 2.67 bits per heavy atom. The molecule has 2 heterocycles. The Kier molecular flexibility index (Phi) is 5.79. The van der Waals surface area contributed by atoms with Gasteiger partial charge in [-0.15, -0.1) is 11.3 Å². The summed E-state index contributed by atoms with van der Waals surface area (Å²) in [5, 5.41) is 7.67. The van der Waals surface area contributed by atoms with Gasteiger partial charge in [0.05, 0.1) is 19.3 Å². The van der Waals surface area contributed by atoms with Gasteiger partial charge in [0.15, 0.2) is 0 Å². The molecule has 1 unspecified atom stereocenters. The Bertz CT molecular complexity index is 642. The van der Waals surface area contributed by atoms with Crippen molar-refractivity contribution in [3.05, 3.63) is 52.5 Å². The predicted molar refractivity (Wildman–Crippen MR) is 92.9 cm³/mol. The second kappa shape index (κ2) is 8.23. The zero-order valence-corrected chi connectivity index (χ0v) is 14.0. The van der Waals surface area contributed by atoms with E-state index in [1.807, 2.05) is 11.4 Å². The van der Waals surface area contributed by atoms with E-state index in [2.05, 4.69) is 21.6 Å². The summed E-state index contributed by atoms with van der Waals surface area (Å²) in [5.41, 5.74) is 0.563. The average Bonchev–Trinajstić information content (AvgIpc) is 3.12. The number of ether oxygens (including phenoxy) is 1. The average molecular weight is 349 g/mol. The topological polar surface area (TPSA) is 53.6 Å². The van der Waals surface area contributed by atoms with E-state index in [9.17, 15) is 9.18 Å². The van der Waals surface area contributed by atoms with Crippen molar-refractivity contribution in [2.75, 3.05) is 38.2 Å². The summed E-state index contributed by atoms with van der Waals surface area (Å²) in [7, 11) is 0. The SMILES string of the molecule is O=C(NCC(c1cccs1)N1CCOCC1)Nc1ccc(F)cc1. The predicted octanol–water partition coefficient (Wildman–Crippen LogP) is 3.08. The highest BCUT2D eigenvalue weighted by Crippen LogP contribution is 2.25. The van der Waals surface area contributed by atoms with Gasteiger partial charge in [-0.05, 0) is 35.7 Å². The Labute approximate surface area is 144 Å². The number of thiophene rings is 1. The van der Waals surface area contributed by atoms with E-state index in [-0.39, 0.29) is 17.9 Å². The van der Waals surface area contributed by atoms with Crippen LogP contribution in [0.3, 0.4) is 0 Å². The normalized spacial score (nSPS) is 16.5. The van der Waals surface area contributed by atoms with Gasteiger partial charge in [-0.25, -0.2) is 9.18 Å². The number of rotatable bonds is 5. The van der Waals surface area contributed by atoms with Gasteiger partial charge in [0.1, 0.15) is 5.82 Å². The first-order chi connectivity index (χ1) is 11.7. The van der Waals surface area contributed by atoms with Gasteiger partial charge in [0.25, 0.3) is 0 Å². The number of carbonyl (C=O) groups is 1. The molecule has 1 fully saturated rings. The van der Waals surface area contributed by atoms with E-state index in [0.29, 0.717) is 25.4 Å². The van der Waals surface area contributed by atoms with Gasteiger partial charge < -0.3 is 15.4 Å². The van der Waals surface area contributed by atoms with Crippen molar-refractivity contribution in [3.63, 3.8) is 0 Å². The lowest BCUT2D eigenvalue weighted by molar-refractivity contribution is 0.0175. The van der Waals surface area contributed by atoms with Crippen molar-refractivity contribution in [2.24, 2.45) is 0 Å². The molecule has 1 aliphatic rings. The van der Waals surface area contributed by atoms with Crippen LogP contribution in [-0.4, -0.2) is 43.8 Å². The van der Waals surface area contributed by atoms with Crippen molar-refractivity contribution < 1.29 is 13.9 Å². The molecule has 0 radical (unpaired) electrons. The quantitative estimate of drug-likeness (QED) is 0.872. The first-order valence-electron chi connectivity index (χ1n) is 7.88. The first kappa shape index (κ1) is 16.9. The minimum Gasteiger partial charge on any atom is -0.379 e. The number of carbonyl (C=O) groups excluding carboxylic acids is 1. The first-order valence-corrected chi connectivity index (χ1v) is 8.76. The summed E-state index contributed by atoms with van der Waals surface area (Å²) >= 11 is 1.69. The van der Waals surface area contributed by atoms with Crippen molar-refractivity contribution in [2.45, 2.75) is 6.04 Å². The Balaban J connectivity index is 1.58. The molecule has 2 N–H and O–H groups in total. The van der Waals surface area contributed by atoms with E-state index in [1.54, 1.807) is 11.3 Å².